The maximum atomic E-state index is 3.92. The molecule has 0 aromatic carbocycles. The van der Waals surface area contributed by atoms with E-state index in [9.17, 15) is 0 Å². The molecule has 0 saturated carbocycles. The van der Waals surface area contributed by atoms with Gasteiger partial charge in [-0.3, -0.25) is 0 Å². The molecule has 12 heavy (non-hydrogen) atoms. The van der Waals surface area contributed by atoms with Crippen molar-refractivity contribution < 1.29 is 0 Å². The lowest BCUT2D eigenvalue weighted by atomic mass is 10.2. The van der Waals surface area contributed by atoms with E-state index in [4.69, 9.17) is 0 Å². The monoisotopic (exact) mass is 232 g/mol. The number of hydrogen-bond acceptors (Lipinski definition) is 3. The van der Waals surface area contributed by atoms with Gasteiger partial charge in [0.25, 0.3) is 0 Å². The molecule has 0 bridgehead atoms. The molecule has 0 saturated heterocycles. The summed E-state index contributed by atoms with van der Waals surface area (Å²) in [5, 5.41) is 11.0. The molecule has 0 aliphatic rings. The van der Waals surface area contributed by atoms with E-state index in [-0.39, 0.29) is 0 Å². The Labute approximate surface area is 80.5 Å². The van der Waals surface area contributed by atoms with E-state index in [1.165, 1.54) is 0 Å². The molecule has 1 heterocycles. The third-order valence-electron chi connectivity index (χ3n) is 1.91. The van der Waals surface area contributed by atoms with Crippen LogP contribution < -0.4 is 5.32 Å². The largest absolute Gasteiger partial charge is 0.312 e. The minimum atomic E-state index is 0.319. The van der Waals surface area contributed by atoms with Crippen molar-refractivity contribution in [2.45, 2.75) is 19.4 Å². The summed E-state index contributed by atoms with van der Waals surface area (Å²) in [5.74, 6) is 0. The van der Waals surface area contributed by atoms with Crippen LogP contribution in [0.3, 0.4) is 0 Å². The lowest BCUT2D eigenvalue weighted by molar-refractivity contribution is 0.522. The van der Waals surface area contributed by atoms with Crippen molar-refractivity contribution in [1.82, 2.24) is 20.3 Å². The van der Waals surface area contributed by atoms with E-state index in [0.717, 1.165) is 16.7 Å². The Hall–Kier alpha value is -0.420. The van der Waals surface area contributed by atoms with Crippen molar-refractivity contribution in [3.05, 3.63) is 10.3 Å². The summed E-state index contributed by atoms with van der Waals surface area (Å²) in [6.45, 7) is 2.13. The topological polar surface area (TPSA) is 42.7 Å². The summed E-state index contributed by atoms with van der Waals surface area (Å²) in [6.07, 6.45) is 1.02. The van der Waals surface area contributed by atoms with E-state index in [2.05, 4.69) is 38.5 Å². The first kappa shape index (κ1) is 9.67. The van der Waals surface area contributed by atoms with Gasteiger partial charge in [-0.15, -0.1) is 5.10 Å². The Bertz CT molecular complexity index is 234. The maximum Gasteiger partial charge on any atom is 0.153 e. The van der Waals surface area contributed by atoms with Crippen LogP contribution in [0.2, 0.25) is 0 Å². The molecule has 0 aliphatic heterocycles. The molecule has 4 nitrogen and oxygen atoms in total. The molecule has 1 aromatic heterocycles. The number of halogens is 1. The van der Waals surface area contributed by atoms with E-state index < -0.39 is 0 Å². The fraction of sp³-hybridized carbons (Fsp3) is 0.714. The first-order chi connectivity index (χ1) is 5.70. The second kappa shape index (κ2) is 4.00. The molecule has 0 radical (unpaired) electrons. The minimum absolute atomic E-state index is 0.319. The van der Waals surface area contributed by atoms with Gasteiger partial charge in [0.1, 0.15) is 0 Å². The zero-order valence-electron chi connectivity index (χ0n) is 7.50. The molecule has 1 atom stereocenters. The molecule has 1 unspecified atom stereocenters. The average Bonchev–Trinajstić information content (AvgIpc) is 2.38. The van der Waals surface area contributed by atoms with Crippen LogP contribution in [0.15, 0.2) is 4.60 Å². The minimum Gasteiger partial charge on any atom is -0.312 e. The standard InChI is InChI=1S/C7H13BrN4/c1-4-5(9-2)6-7(8)10-11-12(6)3/h5,9H,4H2,1-3H3. The molecule has 0 spiro atoms. The summed E-state index contributed by atoms with van der Waals surface area (Å²) >= 11 is 3.36. The zero-order chi connectivity index (χ0) is 9.14. The number of hydrogen-bond donors (Lipinski definition) is 1. The quantitative estimate of drug-likeness (QED) is 0.854. The Morgan fingerprint density at radius 3 is 2.67 bits per heavy atom. The molecular formula is C7H13BrN4. The number of rotatable bonds is 3. The highest BCUT2D eigenvalue weighted by molar-refractivity contribution is 9.10. The number of aromatic nitrogens is 3. The van der Waals surface area contributed by atoms with Crippen LogP contribution in [-0.2, 0) is 7.05 Å². The van der Waals surface area contributed by atoms with Gasteiger partial charge in [0.2, 0.25) is 0 Å². The van der Waals surface area contributed by atoms with Gasteiger partial charge in [-0.05, 0) is 29.4 Å². The van der Waals surface area contributed by atoms with Gasteiger partial charge in [0, 0.05) is 7.05 Å². The Morgan fingerprint density at radius 2 is 2.33 bits per heavy atom. The van der Waals surface area contributed by atoms with E-state index >= 15 is 0 Å². The van der Waals surface area contributed by atoms with Crippen molar-refractivity contribution in [3.8, 4) is 0 Å². The predicted octanol–water partition coefficient (Wildman–Crippen LogP) is 1.25. The summed E-state index contributed by atoms with van der Waals surface area (Å²) in [4.78, 5) is 0. The number of nitrogens with zero attached hydrogens (tertiary/aromatic N) is 3. The van der Waals surface area contributed by atoms with Gasteiger partial charge in [-0.25, -0.2) is 4.68 Å². The summed E-state index contributed by atoms with van der Waals surface area (Å²) in [5.41, 5.74) is 1.10. The second-order valence-corrected chi connectivity index (χ2v) is 3.39. The highest BCUT2D eigenvalue weighted by Crippen LogP contribution is 2.21. The van der Waals surface area contributed by atoms with E-state index in [1.54, 1.807) is 4.68 Å². The highest BCUT2D eigenvalue weighted by Gasteiger charge is 2.15. The average molecular weight is 233 g/mol. The van der Waals surface area contributed by atoms with Gasteiger partial charge in [0.05, 0.1) is 11.7 Å². The zero-order valence-corrected chi connectivity index (χ0v) is 9.09. The van der Waals surface area contributed by atoms with Crippen LogP contribution in [0.5, 0.6) is 0 Å². The van der Waals surface area contributed by atoms with Crippen molar-refractivity contribution in [1.29, 1.82) is 0 Å². The van der Waals surface area contributed by atoms with Crippen molar-refractivity contribution >= 4 is 15.9 Å². The molecule has 0 fully saturated rings. The Morgan fingerprint density at radius 1 is 1.67 bits per heavy atom. The lowest BCUT2D eigenvalue weighted by Gasteiger charge is -2.13. The van der Waals surface area contributed by atoms with Crippen LogP contribution in [0.4, 0.5) is 0 Å². The SMILES string of the molecule is CCC(NC)c1c(Br)nnn1C. The van der Waals surface area contributed by atoms with Gasteiger partial charge >= 0.3 is 0 Å². The first-order valence-corrected chi connectivity index (χ1v) is 4.72. The van der Waals surface area contributed by atoms with Crippen LogP contribution in [-0.4, -0.2) is 22.0 Å². The second-order valence-electron chi connectivity index (χ2n) is 2.64. The van der Waals surface area contributed by atoms with Crippen molar-refractivity contribution in [3.63, 3.8) is 0 Å². The third-order valence-corrected chi connectivity index (χ3v) is 2.48. The van der Waals surface area contributed by atoms with Gasteiger partial charge < -0.3 is 5.32 Å². The van der Waals surface area contributed by atoms with Gasteiger partial charge in [-0.2, -0.15) is 0 Å². The predicted molar refractivity (Wildman–Crippen MR) is 50.8 cm³/mol. The van der Waals surface area contributed by atoms with Crippen LogP contribution >= 0.6 is 15.9 Å². The molecule has 0 amide bonds. The van der Waals surface area contributed by atoms with E-state index in [1.807, 2.05) is 14.1 Å². The molecular weight excluding hydrogens is 220 g/mol. The Balaban J connectivity index is 2.98. The third kappa shape index (κ3) is 1.67. The lowest BCUT2D eigenvalue weighted by Crippen LogP contribution is -2.18. The fourth-order valence-corrected chi connectivity index (χ4v) is 1.85. The van der Waals surface area contributed by atoms with Crippen LogP contribution in [0.1, 0.15) is 25.1 Å². The summed E-state index contributed by atoms with van der Waals surface area (Å²) < 4.78 is 2.61. The summed E-state index contributed by atoms with van der Waals surface area (Å²) in [6, 6.07) is 0.319. The van der Waals surface area contributed by atoms with Crippen molar-refractivity contribution in [2.24, 2.45) is 7.05 Å². The smallest absolute Gasteiger partial charge is 0.153 e. The summed E-state index contributed by atoms with van der Waals surface area (Å²) in [7, 11) is 3.83. The van der Waals surface area contributed by atoms with Gasteiger partial charge in [-0.1, -0.05) is 12.1 Å². The first-order valence-electron chi connectivity index (χ1n) is 3.93. The Kier molecular flexibility index (Phi) is 3.22. The van der Waals surface area contributed by atoms with Crippen molar-refractivity contribution in [2.75, 3.05) is 7.05 Å². The maximum absolute atomic E-state index is 3.92. The fourth-order valence-electron chi connectivity index (χ4n) is 1.24. The van der Waals surface area contributed by atoms with Crippen LogP contribution in [0, 0.1) is 0 Å². The molecule has 1 aromatic rings. The van der Waals surface area contributed by atoms with Crippen LogP contribution in [0.25, 0.3) is 0 Å². The number of nitrogens with one attached hydrogen (secondary N) is 1. The molecule has 68 valence electrons. The molecule has 0 aliphatic carbocycles. The highest BCUT2D eigenvalue weighted by atomic mass is 79.9. The normalized spacial score (nSPS) is 13.3. The number of aryl methyl sites for hydroxylation is 1. The van der Waals surface area contributed by atoms with E-state index in [0.29, 0.717) is 6.04 Å². The molecule has 5 heteroatoms. The van der Waals surface area contributed by atoms with Gasteiger partial charge in [0.15, 0.2) is 4.60 Å². The molecule has 1 N–H and O–H groups in total. The molecule has 1 rings (SSSR count).